The van der Waals surface area contributed by atoms with Gasteiger partial charge in [-0.15, -0.1) is 0 Å². The van der Waals surface area contributed by atoms with Crippen molar-refractivity contribution in [1.29, 1.82) is 0 Å². The molecule has 1 aromatic rings. The molecule has 0 saturated heterocycles. The van der Waals surface area contributed by atoms with Gasteiger partial charge in [0, 0.05) is 6.07 Å². The van der Waals surface area contributed by atoms with Gasteiger partial charge in [0.25, 0.3) is 5.56 Å². The number of carbonyl (C=O) groups is 1. The van der Waals surface area contributed by atoms with Gasteiger partial charge in [0.05, 0.1) is 28.6 Å². The summed E-state index contributed by atoms with van der Waals surface area (Å²) in [6.45, 7) is 0. The number of nitrogens with zero attached hydrogens (tertiary/aromatic N) is 1. The predicted octanol–water partition coefficient (Wildman–Crippen LogP) is -0.453. The van der Waals surface area contributed by atoms with E-state index in [-0.39, 0.29) is 5.69 Å². The smallest absolute Gasteiger partial charge is 0.304 e. The number of carbonyl (C=O) groups excluding carboxylic acids is 1. The number of rotatable bonds is 1. The second-order valence-corrected chi connectivity index (χ2v) is 2.73. The van der Waals surface area contributed by atoms with Crippen LogP contribution >= 0.6 is 22.9 Å². The first kappa shape index (κ1) is 8.18. The average molecular weight is 266 g/mol. The highest BCUT2D eigenvalue weighted by Gasteiger charge is 1.98. The van der Waals surface area contributed by atoms with E-state index in [1.165, 1.54) is 0 Å². The van der Waals surface area contributed by atoms with Crippen LogP contribution in [0.2, 0.25) is 0 Å². The molecule has 1 aromatic heterocycles. The minimum absolute atomic E-state index is 0.00656. The monoisotopic (exact) mass is 266 g/mol. The molecule has 0 amide bonds. The topological polar surface area (TPSA) is 71.9 Å². The summed E-state index contributed by atoms with van der Waals surface area (Å²) < 4.78 is 0.852. The van der Waals surface area contributed by atoms with E-state index in [9.17, 15) is 14.4 Å². The lowest BCUT2D eigenvalue weighted by Gasteiger charge is -1.91. The van der Waals surface area contributed by atoms with Crippen molar-refractivity contribution in [1.82, 2.24) is 7.76 Å². The Balaban J connectivity index is 3.57. The van der Waals surface area contributed by atoms with Crippen molar-refractivity contribution < 1.29 is 4.79 Å². The van der Waals surface area contributed by atoms with E-state index in [0.717, 1.165) is 8.85 Å². The van der Waals surface area contributed by atoms with Crippen molar-refractivity contribution in [3.05, 3.63) is 32.6 Å². The molecule has 5 nitrogen and oxygen atoms in total. The van der Waals surface area contributed by atoms with Gasteiger partial charge in [-0.3, -0.25) is 9.59 Å². The third-order valence-corrected chi connectivity index (χ3v) is 1.94. The number of aromatic nitrogens is 2. The van der Waals surface area contributed by atoms with Crippen molar-refractivity contribution in [3.63, 3.8) is 0 Å². The number of halogens is 1. The van der Waals surface area contributed by atoms with Crippen molar-refractivity contribution in [2.45, 2.75) is 0 Å². The molecule has 58 valence electrons. The zero-order chi connectivity index (χ0) is 8.43. The number of hydrogen-bond donors (Lipinski definition) is 1. The van der Waals surface area contributed by atoms with Gasteiger partial charge in [0.15, 0.2) is 6.29 Å². The molecule has 0 aromatic carbocycles. The molecule has 11 heavy (non-hydrogen) atoms. The summed E-state index contributed by atoms with van der Waals surface area (Å²) in [5.74, 6) is 0. The third-order valence-electron chi connectivity index (χ3n) is 1.03. The van der Waals surface area contributed by atoms with Crippen LogP contribution in [0.1, 0.15) is 10.5 Å². The summed E-state index contributed by atoms with van der Waals surface area (Å²) in [6.07, 6.45) is 0.416. The lowest BCUT2D eigenvalue weighted by molar-refractivity contribution is 0.111. The molecule has 0 aliphatic rings. The van der Waals surface area contributed by atoms with Crippen molar-refractivity contribution in [2.75, 3.05) is 0 Å². The lowest BCUT2D eigenvalue weighted by atomic mass is 10.4. The molecule has 6 heteroatoms. The highest BCUT2D eigenvalue weighted by Crippen LogP contribution is 1.81. The maximum Gasteiger partial charge on any atom is 0.338 e. The fraction of sp³-hybridized carbons (Fsp3) is 0. The van der Waals surface area contributed by atoms with E-state index in [4.69, 9.17) is 0 Å². The van der Waals surface area contributed by atoms with E-state index in [0.29, 0.717) is 6.29 Å². The molecule has 0 aliphatic heterocycles. The normalized spacial score (nSPS) is 9.55. The van der Waals surface area contributed by atoms with Crippen LogP contribution < -0.4 is 11.2 Å². The molecule has 0 saturated carbocycles. The van der Waals surface area contributed by atoms with Gasteiger partial charge >= 0.3 is 5.69 Å². The Morgan fingerprint density at radius 2 is 2.18 bits per heavy atom. The van der Waals surface area contributed by atoms with Gasteiger partial charge in [0.1, 0.15) is 0 Å². The summed E-state index contributed by atoms with van der Waals surface area (Å²) in [5, 5.41) is 0. The Hall–Kier alpha value is -0.920. The highest BCUT2D eigenvalue weighted by atomic mass is 127. The van der Waals surface area contributed by atoms with E-state index in [1.54, 1.807) is 22.9 Å². The number of aromatic amines is 1. The highest BCUT2D eigenvalue weighted by molar-refractivity contribution is 14.1. The van der Waals surface area contributed by atoms with Crippen LogP contribution in [0.3, 0.4) is 0 Å². The number of nitrogens with one attached hydrogen (secondary N) is 1. The summed E-state index contributed by atoms with van der Waals surface area (Å²) in [7, 11) is 0. The first-order chi connectivity index (χ1) is 5.15. The quantitative estimate of drug-likeness (QED) is 0.552. The Bertz CT molecular complexity index is 360. The molecule has 0 aliphatic carbocycles. The summed E-state index contributed by atoms with van der Waals surface area (Å²) in [5.41, 5.74) is -1.11. The van der Waals surface area contributed by atoms with E-state index >= 15 is 0 Å². The number of aldehydes is 1. The first-order valence-corrected chi connectivity index (χ1v) is 3.59. The maximum atomic E-state index is 10.8. The molecule has 0 atom stereocenters. The fourth-order valence-electron chi connectivity index (χ4n) is 0.562. The Labute approximate surface area is 74.5 Å². The van der Waals surface area contributed by atoms with Crippen LogP contribution in [0, 0.1) is 0 Å². The molecule has 1 N–H and O–H groups in total. The second kappa shape index (κ2) is 2.99. The SMILES string of the molecule is O=Cc1cc(=O)n(I)c(=O)[nH]1. The van der Waals surface area contributed by atoms with Crippen LogP contribution in [0.4, 0.5) is 0 Å². The standard InChI is InChI=1S/C5H3IN2O3/c6-8-4(10)1-3(2-9)7-5(8)11/h1-2H,(H,7,11). The van der Waals surface area contributed by atoms with Gasteiger partial charge in [-0.25, -0.2) is 4.79 Å². The molecule has 1 rings (SSSR count). The lowest BCUT2D eigenvalue weighted by Crippen LogP contribution is -2.29. The van der Waals surface area contributed by atoms with Crippen LogP contribution in [0.5, 0.6) is 0 Å². The second-order valence-electron chi connectivity index (χ2n) is 1.77. The van der Waals surface area contributed by atoms with Crippen LogP contribution in [0.15, 0.2) is 15.7 Å². The minimum atomic E-state index is -0.597. The number of hydrogen-bond acceptors (Lipinski definition) is 3. The predicted molar refractivity (Wildman–Crippen MR) is 46.1 cm³/mol. The largest absolute Gasteiger partial charge is 0.338 e. The molecule has 0 unspecified atom stereocenters. The Kier molecular flexibility index (Phi) is 2.22. The molecule has 0 fully saturated rings. The minimum Gasteiger partial charge on any atom is -0.304 e. The van der Waals surface area contributed by atoms with Gasteiger partial charge in [0.2, 0.25) is 0 Å². The van der Waals surface area contributed by atoms with Crippen molar-refractivity contribution in [3.8, 4) is 0 Å². The van der Waals surface area contributed by atoms with Gasteiger partial charge < -0.3 is 4.98 Å². The van der Waals surface area contributed by atoms with Crippen molar-refractivity contribution in [2.24, 2.45) is 0 Å². The van der Waals surface area contributed by atoms with E-state index < -0.39 is 11.2 Å². The van der Waals surface area contributed by atoms with Crippen LogP contribution in [-0.2, 0) is 0 Å². The fourth-order valence-corrected chi connectivity index (χ4v) is 0.822. The van der Waals surface area contributed by atoms with E-state index in [1.807, 2.05) is 0 Å². The Morgan fingerprint density at radius 1 is 1.55 bits per heavy atom. The summed E-state index contributed by atoms with van der Waals surface area (Å²) in [4.78, 5) is 33.9. The van der Waals surface area contributed by atoms with Crippen molar-refractivity contribution >= 4 is 29.2 Å². The Morgan fingerprint density at radius 3 is 2.64 bits per heavy atom. The van der Waals surface area contributed by atoms with Crippen LogP contribution in [-0.4, -0.2) is 14.1 Å². The zero-order valence-corrected chi connectivity index (χ0v) is 7.36. The molecular formula is C5H3IN2O3. The molecule has 0 radical (unpaired) electrons. The molecular weight excluding hydrogens is 263 g/mol. The van der Waals surface area contributed by atoms with E-state index in [2.05, 4.69) is 4.98 Å². The first-order valence-electron chi connectivity index (χ1n) is 2.63. The maximum absolute atomic E-state index is 10.8. The molecule has 0 spiro atoms. The molecule has 0 bridgehead atoms. The summed E-state index contributed by atoms with van der Waals surface area (Å²) >= 11 is 1.55. The third kappa shape index (κ3) is 1.56. The summed E-state index contributed by atoms with van der Waals surface area (Å²) in [6, 6.07) is 1.06. The van der Waals surface area contributed by atoms with Crippen LogP contribution in [0.25, 0.3) is 0 Å². The van der Waals surface area contributed by atoms with Gasteiger partial charge in [-0.1, -0.05) is 0 Å². The average Bonchev–Trinajstić information content (AvgIpc) is 1.99. The molecule has 1 heterocycles. The van der Waals surface area contributed by atoms with Gasteiger partial charge in [-0.2, -0.15) is 2.78 Å². The zero-order valence-electron chi connectivity index (χ0n) is 5.20. The number of H-pyrrole nitrogens is 1. The van der Waals surface area contributed by atoms with Gasteiger partial charge in [-0.05, 0) is 0 Å².